The molecule has 0 saturated heterocycles. The zero-order valence-corrected chi connectivity index (χ0v) is 16.8. The van der Waals surface area contributed by atoms with Gasteiger partial charge in [0.25, 0.3) is 5.91 Å². The number of anilines is 1. The number of carbonyl (C=O) groups excluding carboxylic acids is 3. The molecule has 0 aliphatic carbocycles. The van der Waals surface area contributed by atoms with Crippen molar-refractivity contribution in [2.45, 2.75) is 26.8 Å². The molecule has 0 atom stereocenters. The Labute approximate surface area is 173 Å². The highest BCUT2D eigenvalue weighted by Crippen LogP contribution is 2.15. The van der Waals surface area contributed by atoms with E-state index in [1.807, 2.05) is 32.0 Å². The summed E-state index contributed by atoms with van der Waals surface area (Å²) in [5.74, 6) is -1.58. The first kappa shape index (κ1) is 21.0. The quantitative estimate of drug-likeness (QED) is 0.549. The first-order chi connectivity index (χ1) is 14.5. The van der Waals surface area contributed by atoms with Crippen LogP contribution in [-0.4, -0.2) is 45.9 Å². The second kappa shape index (κ2) is 9.64. The molecule has 1 heterocycles. The summed E-state index contributed by atoms with van der Waals surface area (Å²) in [7, 11) is 0. The minimum atomic E-state index is -0.653. The molecule has 156 valence electrons. The fraction of sp³-hybridized carbons (Fsp3) is 0.286. The Hall–Kier alpha value is -3.75. The fourth-order valence-electron chi connectivity index (χ4n) is 2.92. The molecular formula is C21H23N5O4. The summed E-state index contributed by atoms with van der Waals surface area (Å²) in [5.41, 5.74) is 3.36. The van der Waals surface area contributed by atoms with E-state index in [1.165, 1.54) is 0 Å². The van der Waals surface area contributed by atoms with Crippen LogP contribution in [0.15, 0.2) is 42.5 Å². The van der Waals surface area contributed by atoms with E-state index < -0.39 is 18.5 Å². The summed E-state index contributed by atoms with van der Waals surface area (Å²) in [6.07, 6.45) is 0.777. The van der Waals surface area contributed by atoms with Crippen molar-refractivity contribution in [3.8, 4) is 0 Å². The molecule has 9 heteroatoms. The number of benzene rings is 2. The number of fused-ring (bicyclic) bond motifs is 1. The average Bonchev–Trinajstić information content (AvgIpc) is 3.18. The van der Waals surface area contributed by atoms with Crippen molar-refractivity contribution < 1.29 is 19.1 Å². The van der Waals surface area contributed by atoms with Gasteiger partial charge in [-0.3, -0.25) is 9.59 Å². The van der Waals surface area contributed by atoms with Crippen LogP contribution in [0.2, 0.25) is 0 Å². The number of aryl methyl sites for hydroxylation is 2. The lowest BCUT2D eigenvalue weighted by Gasteiger charge is -2.10. The van der Waals surface area contributed by atoms with E-state index in [1.54, 1.807) is 28.9 Å². The van der Waals surface area contributed by atoms with Crippen LogP contribution in [0, 0.1) is 0 Å². The van der Waals surface area contributed by atoms with Gasteiger partial charge in [0.1, 0.15) is 5.52 Å². The molecule has 0 fully saturated rings. The lowest BCUT2D eigenvalue weighted by Crippen LogP contribution is -2.35. The number of amides is 2. The molecule has 0 aliphatic heterocycles. The molecule has 9 nitrogen and oxygen atoms in total. The third-order valence-corrected chi connectivity index (χ3v) is 4.50. The zero-order chi connectivity index (χ0) is 21.5. The third-order valence-electron chi connectivity index (χ3n) is 4.50. The molecule has 0 spiro atoms. The first-order valence-electron chi connectivity index (χ1n) is 9.66. The van der Waals surface area contributed by atoms with Gasteiger partial charge in [0.05, 0.1) is 17.6 Å². The highest BCUT2D eigenvalue weighted by molar-refractivity contribution is 5.97. The Kier molecular flexibility index (Phi) is 6.74. The number of nitrogens with zero attached hydrogens (tertiary/aromatic N) is 3. The maximum absolute atomic E-state index is 12.2. The molecule has 0 radical (unpaired) electrons. The first-order valence-corrected chi connectivity index (χ1v) is 9.66. The number of hydrogen-bond donors (Lipinski definition) is 2. The van der Waals surface area contributed by atoms with E-state index in [2.05, 4.69) is 20.9 Å². The van der Waals surface area contributed by atoms with Gasteiger partial charge in [0.2, 0.25) is 5.91 Å². The van der Waals surface area contributed by atoms with Crippen LogP contribution in [0.4, 0.5) is 5.69 Å². The fourth-order valence-corrected chi connectivity index (χ4v) is 2.92. The maximum atomic E-state index is 12.2. The van der Waals surface area contributed by atoms with Crippen molar-refractivity contribution in [3.05, 3.63) is 53.6 Å². The van der Waals surface area contributed by atoms with Crippen LogP contribution in [0.3, 0.4) is 0 Å². The molecule has 0 saturated carbocycles. The van der Waals surface area contributed by atoms with Crippen molar-refractivity contribution in [2.24, 2.45) is 0 Å². The molecule has 0 bridgehead atoms. The molecule has 0 aliphatic rings. The largest absolute Gasteiger partial charge is 0.452 e. The van der Waals surface area contributed by atoms with Gasteiger partial charge in [-0.2, -0.15) is 0 Å². The predicted molar refractivity (Wildman–Crippen MR) is 111 cm³/mol. The Morgan fingerprint density at radius 2 is 1.87 bits per heavy atom. The number of aromatic nitrogens is 3. The highest BCUT2D eigenvalue weighted by Gasteiger charge is 2.14. The van der Waals surface area contributed by atoms with Crippen LogP contribution < -0.4 is 10.6 Å². The predicted octanol–water partition coefficient (Wildman–Crippen LogP) is 1.93. The lowest BCUT2D eigenvalue weighted by molar-refractivity contribution is -0.126. The van der Waals surface area contributed by atoms with E-state index in [0.29, 0.717) is 17.7 Å². The third kappa shape index (κ3) is 4.99. The van der Waals surface area contributed by atoms with Crippen LogP contribution in [0.5, 0.6) is 0 Å². The second-order valence-electron chi connectivity index (χ2n) is 6.52. The van der Waals surface area contributed by atoms with E-state index >= 15 is 0 Å². The summed E-state index contributed by atoms with van der Waals surface area (Å²) in [6.45, 7) is 3.89. The topological polar surface area (TPSA) is 115 Å². The molecule has 2 aromatic carbocycles. The summed E-state index contributed by atoms with van der Waals surface area (Å²) in [4.78, 5) is 36.1. The van der Waals surface area contributed by atoms with Crippen LogP contribution in [-0.2, 0) is 27.3 Å². The van der Waals surface area contributed by atoms with Crippen molar-refractivity contribution >= 4 is 34.5 Å². The highest BCUT2D eigenvalue weighted by atomic mass is 16.5. The second-order valence-corrected chi connectivity index (χ2v) is 6.52. The number of esters is 1. The Bertz CT molecular complexity index is 1080. The minimum Gasteiger partial charge on any atom is -0.452 e. The van der Waals surface area contributed by atoms with Gasteiger partial charge in [-0.15, -0.1) is 5.10 Å². The van der Waals surface area contributed by atoms with Gasteiger partial charge in [-0.05, 0) is 43.2 Å². The number of rotatable bonds is 8. The van der Waals surface area contributed by atoms with Crippen molar-refractivity contribution in [3.63, 3.8) is 0 Å². The Balaban J connectivity index is 1.47. The summed E-state index contributed by atoms with van der Waals surface area (Å²) in [5, 5.41) is 13.2. The number of carbonyl (C=O) groups is 3. The molecule has 2 N–H and O–H groups in total. The lowest BCUT2D eigenvalue weighted by atomic mass is 10.1. The zero-order valence-electron chi connectivity index (χ0n) is 16.8. The van der Waals surface area contributed by atoms with Crippen LogP contribution >= 0.6 is 0 Å². The van der Waals surface area contributed by atoms with Gasteiger partial charge < -0.3 is 15.4 Å². The number of hydrogen-bond acceptors (Lipinski definition) is 6. The number of para-hydroxylation sites is 1. The van der Waals surface area contributed by atoms with Crippen molar-refractivity contribution in [1.29, 1.82) is 0 Å². The summed E-state index contributed by atoms with van der Waals surface area (Å²) in [6, 6.07) is 12.3. The molecule has 30 heavy (non-hydrogen) atoms. The Morgan fingerprint density at radius 3 is 2.63 bits per heavy atom. The molecule has 3 rings (SSSR count). The van der Waals surface area contributed by atoms with Gasteiger partial charge in [-0.25, -0.2) is 9.48 Å². The van der Waals surface area contributed by atoms with Gasteiger partial charge >= 0.3 is 5.97 Å². The van der Waals surface area contributed by atoms with Crippen LogP contribution in [0.25, 0.3) is 11.0 Å². The van der Waals surface area contributed by atoms with Crippen LogP contribution in [0.1, 0.15) is 29.8 Å². The summed E-state index contributed by atoms with van der Waals surface area (Å²) >= 11 is 0. The molecule has 0 unspecified atom stereocenters. The summed E-state index contributed by atoms with van der Waals surface area (Å²) < 4.78 is 6.73. The van der Waals surface area contributed by atoms with E-state index in [9.17, 15) is 14.4 Å². The molecule has 2 amide bonds. The standard InChI is InChI=1S/C21H23N5O4/c1-3-14-7-5-6-8-16(14)23-19(27)12-22-20(28)13-30-21(29)15-9-10-18-17(11-15)24-25-26(18)4-2/h5-11H,3-4,12-13H2,1-2H3,(H,22,28)(H,23,27). The van der Waals surface area contributed by atoms with E-state index in [0.717, 1.165) is 17.5 Å². The average molecular weight is 409 g/mol. The van der Waals surface area contributed by atoms with Gasteiger partial charge in [0.15, 0.2) is 6.61 Å². The van der Waals surface area contributed by atoms with E-state index in [4.69, 9.17) is 4.74 Å². The smallest absolute Gasteiger partial charge is 0.338 e. The Morgan fingerprint density at radius 1 is 1.07 bits per heavy atom. The number of nitrogens with one attached hydrogen (secondary N) is 2. The molecule has 3 aromatic rings. The minimum absolute atomic E-state index is 0.222. The van der Waals surface area contributed by atoms with Crippen molar-refractivity contribution in [2.75, 3.05) is 18.5 Å². The normalized spacial score (nSPS) is 10.6. The number of ether oxygens (including phenoxy) is 1. The van der Waals surface area contributed by atoms with Gasteiger partial charge in [0, 0.05) is 12.2 Å². The monoisotopic (exact) mass is 409 g/mol. The maximum Gasteiger partial charge on any atom is 0.338 e. The molecular weight excluding hydrogens is 386 g/mol. The van der Waals surface area contributed by atoms with Crippen molar-refractivity contribution in [1.82, 2.24) is 20.3 Å². The van der Waals surface area contributed by atoms with E-state index in [-0.39, 0.29) is 18.0 Å². The SMILES string of the molecule is CCc1ccccc1NC(=O)CNC(=O)COC(=O)c1ccc2c(c1)nnn2CC. The van der Waals surface area contributed by atoms with Gasteiger partial charge in [-0.1, -0.05) is 30.3 Å². The molecule has 1 aromatic heterocycles.